The zero-order valence-corrected chi connectivity index (χ0v) is 18.4. The van der Waals surface area contributed by atoms with Crippen LogP contribution < -0.4 is 10.2 Å². The summed E-state index contributed by atoms with van der Waals surface area (Å²) in [6.07, 6.45) is 3.14. The van der Waals surface area contributed by atoms with E-state index in [1.165, 1.54) is 5.56 Å². The highest BCUT2D eigenvalue weighted by atomic mass is 16.2. The van der Waals surface area contributed by atoms with Gasteiger partial charge in [-0.2, -0.15) is 5.10 Å². The van der Waals surface area contributed by atoms with Gasteiger partial charge in [0.05, 0.1) is 23.1 Å². The molecule has 0 radical (unpaired) electrons. The Bertz CT molecular complexity index is 1310. The van der Waals surface area contributed by atoms with Crippen LogP contribution in [0, 0.1) is 0 Å². The van der Waals surface area contributed by atoms with E-state index < -0.39 is 0 Å². The first-order valence-corrected chi connectivity index (χ1v) is 11.1. The van der Waals surface area contributed by atoms with Crippen LogP contribution in [-0.2, 0) is 12.8 Å². The van der Waals surface area contributed by atoms with E-state index in [1.54, 1.807) is 35.1 Å². The summed E-state index contributed by atoms with van der Waals surface area (Å²) in [5.74, 6) is -0.253. The third-order valence-corrected chi connectivity index (χ3v) is 5.97. The molecule has 1 N–H and O–H groups in total. The molecule has 1 aliphatic heterocycles. The van der Waals surface area contributed by atoms with Gasteiger partial charge in [0.25, 0.3) is 11.8 Å². The van der Waals surface area contributed by atoms with Gasteiger partial charge in [-0.25, -0.2) is 4.68 Å². The van der Waals surface area contributed by atoms with Crippen LogP contribution in [0.2, 0.25) is 0 Å². The van der Waals surface area contributed by atoms with Gasteiger partial charge in [-0.3, -0.25) is 9.59 Å². The fourth-order valence-electron chi connectivity index (χ4n) is 4.29. The lowest BCUT2D eigenvalue weighted by Gasteiger charge is -2.17. The molecule has 0 unspecified atom stereocenters. The molecule has 5 rings (SSSR count). The summed E-state index contributed by atoms with van der Waals surface area (Å²) >= 11 is 0. The maximum Gasteiger partial charge on any atom is 0.259 e. The topological polar surface area (TPSA) is 67.2 Å². The molecule has 6 heteroatoms. The number of para-hydroxylation sites is 2. The van der Waals surface area contributed by atoms with E-state index in [0.717, 1.165) is 23.5 Å². The Morgan fingerprint density at radius 2 is 1.67 bits per heavy atom. The predicted molar refractivity (Wildman–Crippen MR) is 129 cm³/mol. The third-order valence-electron chi connectivity index (χ3n) is 5.97. The maximum atomic E-state index is 13.0. The van der Waals surface area contributed by atoms with Crippen LogP contribution >= 0.6 is 0 Å². The molecule has 0 bridgehead atoms. The number of carbonyl (C=O) groups excluding carboxylic acids is 2. The lowest BCUT2D eigenvalue weighted by atomic mass is 10.1. The second kappa shape index (κ2) is 8.74. The number of hydrogen-bond donors (Lipinski definition) is 1. The molecule has 0 saturated carbocycles. The Morgan fingerprint density at radius 3 is 2.42 bits per heavy atom. The average Bonchev–Trinajstić information content (AvgIpc) is 3.49. The van der Waals surface area contributed by atoms with Crippen molar-refractivity contribution in [3.05, 3.63) is 107 Å². The molecule has 0 saturated heterocycles. The summed E-state index contributed by atoms with van der Waals surface area (Å²) in [4.78, 5) is 27.8. The van der Waals surface area contributed by atoms with Crippen molar-refractivity contribution in [3.63, 3.8) is 0 Å². The van der Waals surface area contributed by atoms with Crippen LogP contribution in [0.3, 0.4) is 0 Å². The zero-order valence-electron chi connectivity index (χ0n) is 18.4. The minimum Gasteiger partial charge on any atom is -0.322 e. The first-order chi connectivity index (χ1) is 16.2. The highest BCUT2D eigenvalue weighted by Gasteiger charge is 2.25. The number of fused-ring (bicyclic) bond motifs is 1. The summed E-state index contributed by atoms with van der Waals surface area (Å²) in [6.45, 7) is 2.69. The maximum absolute atomic E-state index is 13.0. The molecule has 0 fully saturated rings. The summed E-state index contributed by atoms with van der Waals surface area (Å²) in [5, 5.41) is 7.36. The number of nitrogens with one attached hydrogen (secondary N) is 1. The van der Waals surface area contributed by atoms with E-state index in [0.29, 0.717) is 29.8 Å². The third kappa shape index (κ3) is 3.91. The van der Waals surface area contributed by atoms with E-state index >= 15 is 0 Å². The number of anilines is 2. The molecule has 0 aliphatic carbocycles. The second-order valence-corrected chi connectivity index (χ2v) is 7.97. The SMILES string of the molecule is CCc1c(C(=O)Nc2ccc(C(=O)N3CCc4ccccc43)cc2)cnn1-c1ccccc1. The van der Waals surface area contributed by atoms with Crippen LogP contribution in [0.4, 0.5) is 11.4 Å². The first kappa shape index (κ1) is 20.7. The highest BCUT2D eigenvalue weighted by molar-refractivity contribution is 6.08. The minimum atomic E-state index is -0.221. The minimum absolute atomic E-state index is 0.0322. The van der Waals surface area contributed by atoms with Gasteiger partial charge in [0.15, 0.2) is 0 Å². The summed E-state index contributed by atoms with van der Waals surface area (Å²) in [5.41, 5.74) is 5.69. The lowest BCUT2D eigenvalue weighted by molar-refractivity contribution is 0.0988. The second-order valence-electron chi connectivity index (χ2n) is 7.97. The van der Waals surface area contributed by atoms with Gasteiger partial charge >= 0.3 is 0 Å². The molecule has 2 amide bonds. The molecule has 3 aromatic carbocycles. The number of benzene rings is 3. The predicted octanol–water partition coefficient (Wildman–Crippen LogP) is 4.89. The molecule has 4 aromatic rings. The Balaban J connectivity index is 1.32. The highest BCUT2D eigenvalue weighted by Crippen LogP contribution is 2.29. The van der Waals surface area contributed by atoms with E-state index in [9.17, 15) is 9.59 Å². The number of amides is 2. The lowest BCUT2D eigenvalue weighted by Crippen LogP contribution is -2.28. The van der Waals surface area contributed by atoms with E-state index in [2.05, 4.69) is 16.5 Å². The zero-order chi connectivity index (χ0) is 22.8. The van der Waals surface area contributed by atoms with Crippen molar-refractivity contribution in [2.75, 3.05) is 16.8 Å². The van der Waals surface area contributed by atoms with E-state index in [1.807, 2.05) is 60.4 Å². The van der Waals surface area contributed by atoms with Gasteiger partial charge in [-0.05, 0) is 60.9 Å². The van der Waals surface area contributed by atoms with Crippen molar-refractivity contribution in [2.24, 2.45) is 0 Å². The molecule has 33 heavy (non-hydrogen) atoms. The fourth-order valence-corrected chi connectivity index (χ4v) is 4.29. The number of nitrogens with zero attached hydrogens (tertiary/aromatic N) is 3. The largest absolute Gasteiger partial charge is 0.322 e. The molecule has 2 heterocycles. The van der Waals surface area contributed by atoms with Gasteiger partial charge < -0.3 is 10.2 Å². The van der Waals surface area contributed by atoms with Gasteiger partial charge in [0.2, 0.25) is 0 Å². The number of rotatable bonds is 5. The van der Waals surface area contributed by atoms with Crippen molar-refractivity contribution >= 4 is 23.2 Å². The molecular weight excluding hydrogens is 412 g/mol. The van der Waals surface area contributed by atoms with Crippen LogP contribution in [0.1, 0.15) is 38.9 Å². The molecule has 0 spiro atoms. The number of hydrogen-bond acceptors (Lipinski definition) is 3. The van der Waals surface area contributed by atoms with Crippen LogP contribution in [0.25, 0.3) is 5.69 Å². The summed E-state index contributed by atoms with van der Waals surface area (Å²) < 4.78 is 1.80. The Kier molecular flexibility index (Phi) is 5.48. The van der Waals surface area contributed by atoms with Crippen LogP contribution in [0.5, 0.6) is 0 Å². The molecule has 1 aliphatic rings. The molecule has 164 valence electrons. The average molecular weight is 437 g/mol. The van der Waals surface area contributed by atoms with Crippen molar-refractivity contribution in [1.82, 2.24) is 9.78 Å². The fraction of sp³-hybridized carbons (Fsp3) is 0.148. The van der Waals surface area contributed by atoms with Gasteiger partial charge in [0, 0.05) is 23.5 Å². The number of aromatic nitrogens is 2. The molecular formula is C27H24N4O2. The molecule has 0 atom stereocenters. The van der Waals surface area contributed by atoms with Crippen molar-refractivity contribution in [2.45, 2.75) is 19.8 Å². The van der Waals surface area contributed by atoms with Gasteiger partial charge in [0.1, 0.15) is 0 Å². The van der Waals surface area contributed by atoms with Crippen molar-refractivity contribution in [1.29, 1.82) is 0 Å². The van der Waals surface area contributed by atoms with E-state index in [4.69, 9.17) is 0 Å². The van der Waals surface area contributed by atoms with E-state index in [-0.39, 0.29) is 11.8 Å². The van der Waals surface area contributed by atoms with Crippen molar-refractivity contribution < 1.29 is 9.59 Å². The molecule has 1 aromatic heterocycles. The monoisotopic (exact) mass is 436 g/mol. The van der Waals surface area contributed by atoms with Crippen molar-refractivity contribution in [3.8, 4) is 5.69 Å². The Labute approximate surface area is 192 Å². The smallest absolute Gasteiger partial charge is 0.259 e. The Hall–Kier alpha value is -4.19. The Morgan fingerprint density at radius 1 is 0.939 bits per heavy atom. The van der Waals surface area contributed by atoms with Gasteiger partial charge in [-0.15, -0.1) is 0 Å². The number of carbonyl (C=O) groups is 2. The first-order valence-electron chi connectivity index (χ1n) is 11.1. The summed E-state index contributed by atoms with van der Waals surface area (Å²) in [7, 11) is 0. The summed E-state index contributed by atoms with van der Waals surface area (Å²) in [6, 6.07) is 24.8. The standard InChI is InChI=1S/C27H24N4O2/c1-2-24-23(18-28-31(24)22-9-4-3-5-10-22)26(32)29-21-14-12-20(13-15-21)27(33)30-17-16-19-8-6-7-11-25(19)30/h3-15,18H,2,16-17H2,1H3,(H,29,32). The van der Waals surface area contributed by atoms with Gasteiger partial charge in [-0.1, -0.05) is 43.3 Å². The van der Waals surface area contributed by atoms with Crippen LogP contribution in [-0.4, -0.2) is 28.1 Å². The quantitative estimate of drug-likeness (QED) is 0.484. The van der Waals surface area contributed by atoms with Crippen LogP contribution in [0.15, 0.2) is 85.1 Å². The molecule has 6 nitrogen and oxygen atoms in total. The normalized spacial score (nSPS) is 12.5.